The van der Waals surface area contributed by atoms with Crippen molar-refractivity contribution in [3.63, 3.8) is 0 Å². The molecule has 38 heavy (non-hydrogen) atoms. The lowest BCUT2D eigenvalue weighted by atomic mass is 9.99. The summed E-state index contributed by atoms with van der Waals surface area (Å²) in [6.07, 6.45) is -8.05. The first-order valence-corrected chi connectivity index (χ1v) is 12.1. The summed E-state index contributed by atoms with van der Waals surface area (Å²) in [7, 11) is 0. The van der Waals surface area contributed by atoms with Gasteiger partial charge in [-0.2, -0.15) is 0 Å². The summed E-state index contributed by atoms with van der Waals surface area (Å²) in [6, 6.07) is 4.23. The second-order valence-corrected chi connectivity index (χ2v) is 10.4. The fraction of sp³-hybridized carbons (Fsp3) is 0.640. The van der Waals surface area contributed by atoms with Crippen molar-refractivity contribution in [2.45, 2.75) is 89.0 Å². The molecule has 1 aliphatic rings. The molecule has 0 spiro atoms. The van der Waals surface area contributed by atoms with E-state index in [9.17, 15) is 34.8 Å². The first-order valence-electron chi connectivity index (χ1n) is 12.1. The Morgan fingerprint density at radius 2 is 1.79 bits per heavy atom. The van der Waals surface area contributed by atoms with Gasteiger partial charge in [-0.3, -0.25) is 9.59 Å². The van der Waals surface area contributed by atoms with E-state index in [1.165, 1.54) is 18.2 Å². The largest absolute Gasteiger partial charge is 0.479 e. The van der Waals surface area contributed by atoms with Crippen LogP contribution >= 0.6 is 0 Å². The summed E-state index contributed by atoms with van der Waals surface area (Å²) < 4.78 is 21.4. The Morgan fingerprint density at radius 3 is 2.39 bits per heavy atom. The topological polar surface area (TPSA) is 207 Å². The lowest BCUT2D eigenvalue weighted by Gasteiger charge is -2.38. The number of aliphatic carboxylic acids is 1. The number of benzene rings is 1. The Kier molecular flexibility index (Phi) is 11.0. The van der Waals surface area contributed by atoms with Crippen molar-refractivity contribution < 1.29 is 53.8 Å². The van der Waals surface area contributed by atoms with Crippen LogP contribution in [0.3, 0.4) is 0 Å². The van der Waals surface area contributed by atoms with Crippen molar-refractivity contribution in [3.8, 4) is 5.75 Å². The van der Waals surface area contributed by atoms with E-state index in [4.69, 9.17) is 24.7 Å². The zero-order valence-electron chi connectivity index (χ0n) is 22.0. The van der Waals surface area contributed by atoms with Gasteiger partial charge in [-0.05, 0) is 58.2 Å². The van der Waals surface area contributed by atoms with Crippen molar-refractivity contribution in [3.05, 3.63) is 29.3 Å². The van der Waals surface area contributed by atoms with Crippen LogP contribution in [-0.2, 0) is 30.4 Å². The summed E-state index contributed by atoms with van der Waals surface area (Å²) in [4.78, 5) is 35.1. The summed E-state index contributed by atoms with van der Waals surface area (Å²) in [6.45, 7) is 8.37. The molecule has 1 heterocycles. The van der Waals surface area contributed by atoms with Crippen LogP contribution in [0, 0.1) is 0 Å². The molecule has 214 valence electrons. The highest BCUT2D eigenvalue weighted by Crippen LogP contribution is 2.28. The third-order valence-electron chi connectivity index (χ3n) is 5.91. The predicted molar refractivity (Wildman–Crippen MR) is 132 cm³/mol. The van der Waals surface area contributed by atoms with Gasteiger partial charge in [0, 0.05) is 18.7 Å². The number of nitrogens with one attached hydrogen (secondary N) is 1. The number of aliphatic hydroxyl groups excluding tert-OH is 3. The summed E-state index contributed by atoms with van der Waals surface area (Å²) in [5.74, 6) is -2.25. The molecule has 0 aromatic heterocycles. The van der Waals surface area contributed by atoms with E-state index in [-0.39, 0.29) is 36.5 Å². The van der Waals surface area contributed by atoms with Crippen LogP contribution in [0.4, 0.5) is 0 Å². The number of nitrogens with two attached hydrogens (primary N) is 1. The molecule has 5 atom stereocenters. The third kappa shape index (κ3) is 9.19. The van der Waals surface area contributed by atoms with Crippen LogP contribution in [0.2, 0.25) is 0 Å². The fourth-order valence-corrected chi connectivity index (χ4v) is 3.59. The van der Waals surface area contributed by atoms with Gasteiger partial charge in [0.2, 0.25) is 6.29 Å². The van der Waals surface area contributed by atoms with Gasteiger partial charge in [-0.15, -0.1) is 0 Å². The van der Waals surface area contributed by atoms with Crippen molar-refractivity contribution >= 4 is 18.3 Å². The minimum atomic E-state index is -1.89. The number of hydrogen-bond donors (Lipinski definition) is 6. The lowest BCUT2D eigenvalue weighted by molar-refractivity contribution is -0.271. The zero-order valence-corrected chi connectivity index (χ0v) is 22.0. The molecule has 1 aromatic carbocycles. The Hall–Kier alpha value is -2.81. The number of amides is 1. The second-order valence-electron chi connectivity index (χ2n) is 10.4. The number of carbonyl (C=O) groups excluding carboxylic acids is 2. The SMILES string of the molecule is CC(C)(N)CCOC(C)(C)CCNC(=O)c1cc(COC=O)ccc1O[C@@H]1O[C@H](C(=O)O)[C@@H](O)[C@H](O)[C@H]1O. The van der Waals surface area contributed by atoms with Crippen LogP contribution in [0.5, 0.6) is 5.75 Å². The second kappa shape index (κ2) is 13.3. The smallest absolute Gasteiger partial charge is 0.335 e. The molecular weight excluding hydrogens is 504 g/mol. The van der Waals surface area contributed by atoms with Crippen LogP contribution in [0.25, 0.3) is 0 Å². The molecule has 1 aromatic rings. The maximum absolute atomic E-state index is 13.1. The Labute approximate surface area is 220 Å². The fourth-order valence-electron chi connectivity index (χ4n) is 3.59. The number of rotatable bonds is 14. The zero-order chi connectivity index (χ0) is 28.7. The van der Waals surface area contributed by atoms with Gasteiger partial charge in [0.15, 0.2) is 6.10 Å². The molecule has 13 nitrogen and oxygen atoms in total. The van der Waals surface area contributed by atoms with Crippen molar-refractivity contribution in [2.75, 3.05) is 13.2 Å². The summed E-state index contributed by atoms with van der Waals surface area (Å²) >= 11 is 0. The standard InChI is InChI=1S/C25H38N2O11/c1-24(2,26)8-10-36-25(3,4)7-9-27-21(32)15-11-14(12-35-13-28)5-6-16(15)37-23-19(31)17(29)18(30)20(38-23)22(33)34/h5-6,11,13,17-20,23,29-31H,7-10,12,26H2,1-4H3,(H,27,32)(H,33,34)/t17-,18-,19+,20-,23+/m0/s1. The maximum Gasteiger partial charge on any atom is 0.335 e. The molecule has 1 aliphatic heterocycles. The molecule has 0 unspecified atom stereocenters. The molecule has 1 fully saturated rings. The van der Waals surface area contributed by atoms with Crippen LogP contribution in [0.15, 0.2) is 18.2 Å². The maximum atomic E-state index is 13.1. The highest BCUT2D eigenvalue weighted by Gasteiger charge is 2.48. The van der Waals surface area contributed by atoms with Gasteiger partial charge in [0.1, 0.15) is 30.7 Å². The number of hydrogen-bond acceptors (Lipinski definition) is 11. The van der Waals surface area contributed by atoms with Gasteiger partial charge >= 0.3 is 5.97 Å². The number of carbonyl (C=O) groups is 3. The third-order valence-corrected chi connectivity index (χ3v) is 5.91. The number of carboxylic acid groups (broad SMARTS) is 1. The molecule has 0 aliphatic carbocycles. The molecule has 7 N–H and O–H groups in total. The predicted octanol–water partition coefficient (Wildman–Crippen LogP) is -0.327. The number of aliphatic hydroxyl groups is 3. The van der Waals surface area contributed by atoms with Crippen molar-refractivity contribution in [1.82, 2.24) is 5.32 Å². The first kappa shape index (κ1) is 31.4. The summed E-state index contributed by atoms with van der Waals surface area (Å²) in [5.41, 5.74) is 5.48. The van der Waals surface area contributed by atoms with E-state index >= 15 is 0 Å². The van der Waals surface area contributed by atoms with E-state index in [0.717, 1.165) is 0 Å². The summed E-state index contributed by atoms with van der Waals surface area (Å²) in [5, 5.41) is 42.2. The van der Waals surface area contributed by atoms with Crippen LogP contribution < -0.4 is 15.8 Å². The van der Waals surface area contributed by atoms with Crippen LogP contribution in [0.1, 0.15) is 56.5 Å². The van der Waals surface area contributed by atoms with E-state index in [1.54, 1.807) is 0 Å². The minimum absolute atomic E-state index is 0.0242. The monoisotopic (exact) mass is 542 g/mol. The molecule has 0 bridgehead atoms. The minimum Gasteiger partial charge on any atom is -0.479 e. The molecular formula is C25H38N2O11. The lowest BCUT2D eigenvalue weighted by Crippen LogP contribution is -2.61. The normalized spacial score (nSPS) is 23.9. The number of ether oxygens (including phenoxy) is 4. The van der Waals surface area contributed by atoms with E-state index < -0.39 is 48.2 Å². The van der Waals surface area contributed by atoms with E-state index in [2.05, 4.69) is 5.32 Å². The van der Waals surface area contributed by atoms with Gasteiger partial charge < -0.3 is 50.4 Å². The van der Waals surface area contributed by atoms with Gasteiger partial charge in [0.25, 0.3) is 12.4 Å². The van der Waals surface area contributed by atoms with Crippen molar-refractivity contribution in [1.29, 1.82) is 0 Å². The molecule has 0 saturated carbocycles. The average Bonchev–Trinajstić information content (AvgIpc) is 2.82. The first-order chi connectivity index (χ1) is 17.6. The Morgan fingerprint density at radius 1 is 1.11 bits per heavy atom. The Balaban J connectivity index is 2.15. The van der Waals surface area contributed by atoms with Gasteiger partial charge in [-0.1, -0.05) is 6.07 Å². The van der Waals surface area contributed by atoms with Gasteiger partial charge in [-0.25, -0.2) is 4.79 Å². The van der Waals surface area contributed by atoms with Crippen LogP contribution in [-0.4, -0.2) is 93.8 Å². The number of carboxylic acids is 1. The quantitative estimate of drug-likeness (QED) is 0.167. The molecule has 0 radical (unpaired) electrons. The Bertz CT molecular complexity index is 963. The van der Waals surface area contributed by atoms with Gasteiger partial charge in [0.05, 0.1) is 11.2 Å². The molecule has 1 amide bonds. The molecule has 1 saturated heterocycles. The van der Waals surface area contributed by atoms with Crippen molar-refractivity contribution in [2.24, 2.45) is 5.73 Å². The highest BCUT2D eigenvalue weighted by atomic mass is 16.7. The molecule has 2 rings (SSSR count). The average molecular weight is 543 g/mol. The van der Waals surface area contributed by atoms with E-state index in [1.807, 2.05) is 27.7 Å². The van der Waals surface area contributed by atoms with E-state index in [0.29, 0.717) is 25.0 Å². The molecule has 13 heteroatoms. The highest BCUT2D eigenvalue weighted by molar-refractivity contribution is 5.97.